The van der Waals surface area contributed by atoms with Crippen molar-refractivity contribution in [2.75, 3.05) is 0 Å². The second kappa shape index (κ2) is 41.6. The van der Waals surface area contributed by atoms with Crippen LogP contribution in [0.3, 0.4) is 0 Å². The highest BCUT2D eigenvalue weighted by Gasteiger charge is 2.25. The molecule has 0 aromatic heterocycles. The Kier molecular flexibility index (Phi) is 42.1. The number of hydrogen-bond donors (Lipinski definition) is 2. The third kappa shape index (κ3) is 38.9. The van der Waals surface area contributed by atoms with Crippen molar-refractivity contribution in [3.63, 3.8) is 0 Å². The van der Waals surface area contributed by atoms with Crippen LogP contribution in [-0.2, 0) is 9.59 Å². The number of carboxylic acids is 2. The summed E-state index contributed by atoms with van der Waals surface area (Å²) < 4.78 is 0. The molecule has 0 aliphatic heterocycles. The van der Waals surface area contributed by atoms with Crippen LogP contribution in [0.1, 0.15) is 233 Å². The molecule has 0 aromatic rings. The highest BCUT2D eigenvalue weighted by Crippen LogP contribution is 2.28. The Balaban J connectivity index is 0. The molecule has 0 aliphatic carbocycles. The SMILES string of the molecule is CCCCCCCC/C=C\CCCCCCC(C(=O)O)C(CC)CCCCC.CCCCCCCC/C=C\CCCCCCCC(=O)O. The summed E-state index contributed by atoms with van der Waals surface area (Å²) in [6, 6.07) is 0. The van der Waals surface area contributed by atoms with Gasteiger partial charge in [0, 0.05) is 6.42 Å². The molecule has 2 atom stereocenters. The van der Waals surface area contributed by atoms with E-state index in [2.05, 4.69) is 52.0 Å². The molecule has 48 heavy (non-hydrogen) atoms. The molecule has 0 fully saturated rings. The largest absolute Gasteiger partial charge is 0.481 e. The average molecular weight is 677 g/mol. The zero-order valence-corrected chi connectivity index (χ0v) is 32.8. The lowest BCUT2D eigenvalue weighted by atomic mass is 9.82. The molecule has 0 rings (SSSR count). The molecule has 0 aromatic carbocycles. The zero-order valence-electron chi connectivity index (χ0n) is 32.8. The number of rotatable bonds is 36. The van der Waals surface area contributed by atoms with E-state index < -0.39 is 11.9 Å². The van der Waals surface area contributed by atoms with E-state index in [9.17, 15) is 14.7 Å². The Morgan fingerprint density at radius 3 is 1.15 bits per heavy atom. The van der Waals surface area contributed by atoms with Crippen molar-refractivity contribution in [1.82, 2.24) is 0 Å². The fourth-order valence-electron chi connectivity index (χ4n) is 6.51. The lowest BCUT2D eigenvalue weighted by Crippen LogP contribution is -2.23. The number of hydrogen-bond acceptors (Lipinski definition) is 2. The molecule has 2 N–H and O–H groups in total. The monoisotopic (exact) mass is 677 g/mol. The second-order valence-electron chi connectivity index (χ2n) is 14.4. The quantitative estimate of drug-likeness (QED) is 0.0511. The van der Waals surface area contributed by atoms with E-state index in [1.807, 2.05) is 0 Å². The van der Waals surface area contributed by atoms with E-state index in [1.54, 1.807) is 0 Å². The fourth-order valence-corrected chi connectivity index (χ4v) is 6.51. The van der Waals surface area contributed by atoms with E-state index in [0.717, 1.165) is 38.5 Å². The van der Waals surface area contributed by atoms with Crippen molar-refractivity contribution in [2.45, 2.75) is 233 Å². The van der Waals surface area contributed by atoms with Crippen LogP contribution in [0.2, 0.25) is 0 Å². The van der Waals surface area contributed by atoms with Crippen LogP contribution in [0, 0.1) is 11.8 Å². The van der Waals surface area contributed by atoms with Gasteiger partial charge in [-0.1, -0.05) is 180 Å². The van der Waals surface area contributed by atoms with E-state index in [-0.39, 0.29) is 5.92 Å². The van der Waals surface area contributed by atoms with E-state index in [1.165, 1.54) is 161 Å². The van der Waals surface area contributed by atoms with Gasteiger partial charge in [0.2, 0.25) is 0 Å². The molecule has 0 heterocycles. The lowest BCUT2D eigenvalue weighted by molar-refractivity contribution is -0.144. The van der Waals surface area contributed by atoms with Crippen molar-refractivity contribution in [2.24, 2.45) is 11.8 Å². The van der Waals surface area contributed by atoms with Crippen LogP contribution in [0.4, 0.5) is 0 Å². The van der Waals surface area contributed by atoms with Crippen LogP contribution in [0.5, 0.6) is 0 Å². The van der Waals surface area contributed by atoms with Crippen molar-refractivity contribution in [3.8, 4) is 0 Å². The maximum atomic E-state index is 11.7. The van der Waals surface area contributed by atoms with Gasteiger partial charge in [0.1, 0.15) is 0 Å². The molecule has 2 unspecified atom stereocenters. The molecule has 4 heteroatoms. The van der Waals surface area contributed by atoms with Gasteiger partial charge in [-0.3, -0.25) is 9.59 Å². The summed E-state index contributed by atoms with van der Waals surface area (Å²) in [5, 5.41) is 18.1. The maximum Gasteiger partial charge on any atom is 0.306 e. The molecule has 0 saturated carbocycles. The molecule has 0 saturated heterocycles. The first-order valence-electron chi connectivity index (χ1n) is 21.2. The van der Waals surface area contributed by atoms with Gasteiger partial charge >= 0.3 is 11.9 Å². The predicted octanol–water partition coefficient (Wildman–Crippen LogP) is 15.0. The number of aliphatic carboxylic acids is 2. The first-order chi connectivity index (χ1) is 23.4. The molecular formula is C44H84O4. The van der Waals surface area contributed by atoms with Gasteiger partial charge in [-0.25, -0.2) is 0 Å². The van der Waals surface area contributed by atoms with E-state index in [0.29, 0.717) is 12.3 Å². The standard InChI is InChI=1S/C26H50O2.C18H34O2/c1-4-7-9-10-11-12-13-14-15-16-17-18-19-21-23-25(26(27)28)24(6-3)22-20-8-5-2;1-2-3-4-5-6-7-8-9-10-11-12-13-14-15-16-17-18(19)20/h14-15,24-25H,4-13,16-23H2,1-3H3,(H,27,28);9-10H,2-8,11-17H2,1H3,(H,19,20)/b15-14-;10-9-. The maximum absolute atomic E-state index is 11.7. The number of allylic oxidation sites excluding steroid dienone is 4. The lowest BCUT2D eigenvalue weighted by Gasteiger charge is -2.22. The van der Waals surface area contributed by atoms with Gasteiger partial charge in [-0.05, 0) is 76.5 Å². The first kappa shape index (κ1) is 48.5. The average Bonchev–Trinajstić information content (AvgIpc) is 3.07. The molecule has 0 radical (unpaired) electrons. The first-order valence-corrected chi connectivity index (χ1v) is 21.2. The number of unbranched alkanes of at least 4 members (excludes halogenated alkanes) is 23. The van der Waals surface area contributed by atoms with Crippen molar-refractivity contribution < 1.29 is 19.8 Å². The summed E-state index contributed by atoms with van der Waals surface area (Å²) in [5.41, 5.74) is 0. The van der Waals surface area contributed by atoms with E-state index >= 15 is 0 Å². The van der Waals surface area contributed by atoms with Gasteiger partial charge in [0.05, 0.1) is 5.92 Å². The van der Waals surface area contributed by atoms with Crippen LogP contribution >= 0.6 is 0 Å². The summed E-state index contributed by atoms with van der Waals surface area (Å²) in [6.07, 6.45) is 48.0. The minimum atomic E-state index is -0.664. The molecular weight excluding hydrogens is 592 g/mol. The zero-order chi connectivity index (χ0) is 35.8. The predicted molar refractivity (Wildman–Crippen MR) is 211 cm³/mol. The summed E-state index contributed by atoms with van der Waals surface area (Å²) in [4.78, 5) is 22.0. The fraction of sp³-hybridized carbons (Fsp3) is 0.864. The Hall–Kier alpha value is -1.58. The summed E-state index contributed by atoms with van der Waals surface area (Å²) in [5.74, 6) is -0.989. The summed E-state index contributed by atoms with van der Waals surface area (Å²) >= 11 is 0. The number of carboxylic acid groups (broad SMARTS) is 2. The Morgan fingerprint density at radius 1 is 0.438 bits per heavy atom. The summed E-state index contributed by atoms with van der Waals surface area (Å²) in [6.45, 7) is 8.89. The Labute approximate surface area is 300 Å². The normalized spacial score (nSPS) is 12.8. The van der Waals surface area contributed by atoms with Crippen LogP contribution in [0.25, 0.3) is 0 Å². The van der Waals surface area contributed by atoms with Gasteiger partial charge in [0.15, 0.2) is 0 Å². The molecule has 284 valence electrons. The molecule has 0 amide bonds. The van der Waals surface area contributed by atoms with E-state index in [4.69, 9.17) is 5.11 Å². The highest BCUT2D eigenvalue weighted by atomic mass is 16.4. The van der Waals surface area contributed by atoms with Crippen LogP contribution in [0.15, 0.2) is 24.3 Å². The minimum absolute atomic E-state index is 0.126. The van der Waals surface area contributed by atoms with Gasteiger partial charge < -0.3 is 10.2 Å². The molecule has 0 aliphatic rings. The Bertz CT molecular complexity index is 713. The molecule has 0 bridgehead atoms. The van der Waals surface area contributed by atoms with Crippen molar-refractivity contribution >= 4 is 11.9 Å². The summed E-state index contributed by atoms with van der Waals surface area (Å²) in [7, 11) is 0. The van der Waals surface area contributed by atoms with Gasteiger partial charge in [-0.2, -0.15) is 0 Å². The third-order valence-corrected chi connectivity index (χ3v) is 9.77. The molecule has 4 nitrogen and oxygen atoms in total. The topological polar surface area (TPSA) is 74.6 Å². The second-order valence-corrected chi connectivity index (χ2v) is 14.4. The van der Waals surface area contributed by atoms with Crippen LogP contribution in [-0.4, -0.2) is 22.2 Å². The van der Waals surface area contributed by atoms with Gasteiger partial charge in [0.25, 0.3) is 0 Å². The number of carbonyl (C=O) groups is 2. The third-order valence-electron chi connectivity index (χ3n) is 9.77. The van der Waals surface area contributed by atoms with Crippen molar-refractivity contribution in [1.29, 1.82) is 0 Å². The van der Waals surface area contributed by atoms with Gasteiger partial charge in [-0.15, -0.1) is 0 Å². The Morgan fingerprint density at radius 2 is 0.771 bits per heavy atom. The van der Waals surface area contributed by atoms with Crippen molar-refractivity contribution in [3.05, 3.63) is 24.3 Å². The highest BCUT2D eigenvalue weighted by molar-refractivity contribution is 5.70. The minimum Gasteiger partial charge on any atom is -0.481 e. The molecule has 0 spiro atoms. The van der Waals surface area contributed by atoms with Crippen LogP contribution < -0.4 is 0 Å². The smallest absolute Gasteiger partial charge is 0.306 e.